The number of carbonyl (C=O) groups excluding carboxylic acids is 1. The summed E-state index contributed by atoms with van der Waals surface area (Å²) in [6.07, 6.45) is -0.628. The third-order valence-corrected chi connectivity index (χ3v) is 8.91. The van der Waals surface area contributed by atoms with Crippen molar-refractivity contribution >= 4 is 15.9 Å². The lowest BCUT2D eigenvalue weighted by Gasteiger charge is -2.35. The number of fused-ring (bicyclic) bond motifs is 3. The second-order valence-electron chi connectivity index (χ2n) is 9.73. The Kier molecular flexibility index (Phi) is 8.62. The molecule has 0 saturated heterocycles. The number of hydrogen-bond acceptors (Lipinski definition) is 5. The van der Waals surface area contributed by atoms with E-state index >= 15 is 0 Å². The summed E-state index contributed by atoms with van der Waals surface area (Å²) in [6, 6.07) is 19.8. The molecule has 1 N–H and O–H groups in total. The molecule has 1 heterocycles. The van der Waals surface area contributed by atoms with Gasteiger partial charge in [-0.25, -0.2) is 12.8 Å². The Morgan fingerprint density at radius 3 is 2.32 bits per heavy atom. The van der Waals surface area contributed by atoms with E-state index in [0.29, 0.717) is 5.56 Å². The molecular formula is C29H33FN2O5S. The van der Waals surface area contributed by atoms with E-state index in [1.807, 2.05) is 49.4 Å². The molecule has 3 aromatic carbocycles. The van der Waals surface area contributed by atoms with Crippen molar-refractivity contribution in [2.45, 2.75) is 37.5 Å². The highest BCUT2D eigenvalue weighted by molar-refractivity contribution is 7.89. The second kappa shape index (κ2) is 11.7. The summed E-state index contributed by atoms with van der Waals surface area (Å²) in [4.78, 5) is 15.1. The fourth-order valence-electron chi connectivity index (χ4n) is 4.72. The van der Waals surface area contributed by atoms with Crippen LogP contribution >= 0.6 is 0 Å². The number of aliphatic hydroxyl groups excluding tert-OH is 1. The van der Waals surface area contributed by atoms with Gasteiger partial charge in [0.15, 0.2) is 0 Å². The molecule has 202 valence electrons. The molecule has 0 unspecified atom stereocenters. The van der Waals surface area contributed by atoms with Crippen LogP contribution in [0.3, 0.4) is 0 Å². The summed E-state index contributed by atoms with van der Waals surface area (Å²) >= 11 is 0. The highest BCUT2D eigenvalue weighted by Gasteiger charge is 2.33. The van der Waals surface area contributed by atoms with Crippen LogP contribution in [0.15, 0.2) is 77.7 Å². The van der Waals surface area contributed by atoms with Gasteiger partial charge in [-0.05, 0) is 41.8 Å². The summed E-state index contributed by atoms with van der Waals surface area (Å²) in [7, 11) is -2.73. The Balaban J connectivity index is 1.74. The number of nitrogens with zero attached hydrogens (tertiary/aromatic N) is 2. The first-order valence-electron chi connectivity index (χ1n) is 12.6. The minimum atomic E-state index is -4.13. The van der Waals surface area contributed by atoms with Crippen LogP contribution in [-0.4, -0.2) is 67.5 Å². The first kappa shape index (κ1) is 27.9. The SMILES string of the molecule is C[C@H]1CN([C@@H](C)CO)C(=O)c2ccccc2-c2ccccc2CO[C@@H]1CN(C)S(=O)(=O)c1ccccc1F. The molecule has 0 bridgehead atoms. The predicted octanol–water partition coefficient (Wildman–Crippen LogP) is 4.17. The smallest absolute Gasteiger partial charge is 0.254 e. The van der Waals surface area contributed by atoms with Gasteiger partial charge in [-0.3, -0.25) is 4.79 Å². The van der Waals surface area contributed by atoms with Crippen LogP contribution in [0.5, 0.6) is 0 Å². The molecule has 3 atom stereocenters. The molecule has 1 aliphatic rings. The van der Waals surface area contributed by atoms with E-state index in [9.17, 15) is 22.7 Å². The van der Waals surface area contributed by atoms with E-state index in [1.54, 1.807) is 17.9 Å². The highest BCUT2D eigenvalue weighted by atomic mass is 32.2. The van der Waals surface area contributed by atoms with E-state index in [4.69, 9.17) is 4.74 Å². The van der Waals surface area contributed by atoms with Crippen molar-refractivity contribution < 1.29 is 27.4 Å². The molecule has 0 saturated carbocycles. The lowest BCUT2D eigenvalue weighted by atomic mass is 9.94. The maximum absolute atomic E-state index is 14.4. The van der Waals surface area contributed by atoms with Crippen LogP contribution in [0.1, 0.15) is 29.8 Å². The number of ether oxygens (including phenoxy) is 1. The second-order valence-corrected chi connectivity index (χ2v) is 11.7. The predicted molar refractivity (Wildman–Crippen MR) is 143 cm³/mol. The van der Waals surface area contributed by atoms with Crippen LogP contribution in [0.2, 0.25) is 0 Å². The summed E-state index contributed by atoms with van der Waals surface area (Å²) in [5, 5.41) is 9.96. The largest absolute Gasteiger partial charge is 0.394 e. The zero-order valence-corrected chi connectivity index (χ0v) is 22.6. The number of rotatable bonds is 6. The molecule has 4 rings (SSSR count). The van der Waals surface area contributed by atoms with Gasteiger partial charge in [0.1, 0.15) is 10.7 Å². The number of amides is 1. The summed E-state index contributed by atoms with van der Waals surface area (Å²) in [6.45, 7) is 3.78. The van der Waals surface area contributed by atoms with Crippen molar-refractivity contribution in [1.82, 2.24) is 9.21 Å². The molecule has 9 heteroatoms. The minimum absolute atomic E-state index is 0.0531. The number of aliphatic hydroxyl groups is 1. The zero-order valence-electron chi connectivity index (χ0n) is 21.7. The van der Waals surface area contributed by atoms with Gasteiger partial charge >= 0.3 is 0 Å². The van der Waals surface area contributed by atoms with Crippen molar-refractivity contribution in [1.29, 1.82) is 0 Å². The third-order valence-electron chi connectivity index (χ3n) is 7.06. The summed E-state index contributed by atoms with van der Waals surface area (Å²) < 4.78 is 48.3. The highest BCUT2D eigenvalue weighted by Crippen LogP contribution is 2.31. The fraction of sp³-hybridized carbons (Fsp3) is 0.345. The zero-order chi connectivity index (χ0) is 27.4. The van der Waals surface area contributed by atoms with Gasteiger partial charge in [-0.2, -0.15) is 4.31 Å². The number of likely N-dealkylation sites (N-methyl/N-ethyl adjacent to an activating group) is 1. The van der Waals surface area contributed by atoms with Crippen LogP contribution in [-0.2, 0) is 21.4 Å². The standard InChI is InChI=1S/C29H33FN2O5S/c1-20-16-32(21(2)18-33)29(34)25-13-7-6-12-24(25)23-11-5-4-10-22(23)19-37-27(20)17-31(3)38(35,36)28-15-9-8-14-26(28)30/h4-15,20-21,27,33H,16-19H2,1-3H3/t20-,21-,27+/m0/s1. The lowest BCUT2D eigenvalue weighted by molar-refractivity contribution is -0.0146. The average molecular weight is 541 g/mol. The van der Waals surface area contributed by atoms with E-state index in [2.05, 4.69) is 0 Å². The number of hydrogen-bond donors (Lipinski definition) is 1. The van der Waals surface area contributed by atoms with E-state index < -0.39 is 32.9 Å². The van der Waals surface area contributed by atoms with E-state index in [0.717, 1.165) is 27.1 Å². The quantitative estimate of drug-likeness (QED) is 0.507. The van der Waals surface area contributed by atoms with Crippen molar-refractivity contribution in [2.24, 2.45) is 5.92 Å². The molecule has 0 aromatic heterocycles. The fourth-order valence-corrected chi connectivity index (χ4v) is 5.97. The molecule has 38 heavy (non-hydrogen) atoms. The Morgan fingerprint density at radius 2 is 1.63 bits per heavy atom. The van der Waals surface area contributed by atoms with Gasteiger partial charge in [-0.15, -0.1) is 0 Å². The normalized spacial score (nSPS) is 19.4. The Morgan fingerprint density at radius 1 is 1.03 bits per heavy atom. The van der Waals surface area contributed by atoms with E-state index in [1.165, 1.54) is 25.2 Å². The Hall–Kier alpha value is -3.11. The molecular weight excluding hydrogens is 507 g/mol. The van der Waals surface area contributed by atoms with Crippen molar-refractivity contribution in [3.8, 4) is 11.1 Å². The number of sulfonamides is 1. The molecule has 0 radical (unpaired) electrons. The van der Waals surface area contributed by atoms with Gasteiger partial charge in [0.25, 0.3) is 5.91 Å². The Labute approximate surface area is 223 Å². The molecule has 0 fully saturated rings. The van der Waals surface area contributed by atoms with Gasteiger partial charge in [-0.1, -0.05) is 61.5 Å². The average Bonchev–Trinajstić information content (AvgIpc) is 2.94. The maximum atomic E-state index is 14.4. The van der Waals surface area contributed by atoms with Crippen molar-refractivity contribution in [3.63, 3.8) is 0 Å². The third kappa shape index (κ3) is 5.66. The molecule has 0 spiro atoms. The van der Waals surface area contributed by atoms with Crippen LogP contribution in [0.4, 0.5) is 4.39 Å². The first-order valence-corrected chi connectivity index (χ1v) is 14.0. The van der Waals surface area contributed by atoms with Crippen molar-refractivity contribution in [3.05, 3.63) is 89.7 Å². The number of carbonyl (C=O) groups is 1. The van der Waals surface area contributed by atoms with Gasteiger partial charge in [0.2, 0.25) is 10.0 Å². The summed E-state index contributed by atoms with van der Waals surface area (Å²) in [5.74, 6) is -1.36. The summed E-state index contributed by atoms with van der Waals surface area (Å²) in [5.41, 5.74) is 2.98. The van der Waals surface area contributed by atoms with Gasteiger partial charge < -0.3 is 14.7 Å². The molecule has 3 aromatic rings. The first-order chi connectivity index (χ1) is 18.1. The molecule has 1 amide bonds. The van der Waals surface area contributed by atoms with Gasteiger partial charge in [0, 0.05) is 31.6 Å². The topological polar surface area (TPSA) is 87.2 Å². The van der Waals surface area contributed by atoms with Crippen LogP contribution < -0.4 is 0 Å². The molecule has 7 nitrogen and oxygen atoms in total. The monoisotopic (exact) mass is 540 g/mol. The maximum Gasteiger partial charge on any atom is 0.254 e. The van der Waals surface area contributed by atoms with E-state index in [-0.39, 0.29) is 38.1 Å². The molecule has 0 aliphatic carbocycles. The van der Waals surface area contributed by atoms with Crippen LogP contribution in [0, 0.1) is 11.7 Å². The number of benzene rings is 3. The van der Waals surface area contributed by atoms with Gasteiger partial charge in [0.05, 0.1) is 25.4 Å². The molecule has 1 aliphatic heterocycles. The van der Waals surface area contributed by atoms with Crippen LogP contribution in [0.25, 0.3) is 11.1 Å². The lowest BCUT2D eigenvalue weighted by Crippen LogP contribution is -2.47. The van der Waals surface area contributed by atoms with Crippen molar-refractivity contribution in [2.75, 3.05) is 26.7 Å². The Bertz CT molecular complexity index is 1400. The number of halogens is 1. The minimum Gasteiger partial charge on any atom is -0.394 e.